The molecule has 17 nitrogen and oxygen atoms in total. The Balaban J connectivity index is 5.15. The zero-order chi connectivity index (χ0) is 68.7. The quantitative estimate of drug-likeness (QED) is 0.0222. The Bertz CT molecular complexity index is 1820. The van der Waals surface area contributed by atoms with E-state index in [9.17, 15) is 43.2 Å². The minimum absolute atomic E-state index is 0.105. The summed E-state index contributed by atoms with van der Waals surface area (Å²) in [6.45, 7) is 11.8. The number of hydrogen-bond donors (Lipinski definition) is 3. The van der Waals surface area contributed by atoms with Crippen molar-refractivity contribution in [2.24, 2.45) is 17.8 Å². The molecule has 3 N–H and O–H groups in total. The van der Waals surface area contributed by atoms with Crippen molar-refractivity contribution in [3.05, 3.63) is 0 Å². The lowest BCUT2D eigenvalue weighted by Crippen LogP contribution is -2.30. The van der Waals surface area contributed by atoms with Crippen molar-refractivity contribution >= 4 is 39.5 Å². The minimum atomic E-state index is -4.95. The summed E-state index contributed by atoms with van der Waals surface area (Å²) >= 11 is 0. The smallest absolute Gasteiger partial charge is 0.462 e. The Morgan fingerprint density at radius 1 is 0.290 bits per heavy atom. The van der Waals surface area contributed by atoms with Gasteiger partial charge in [-0.3, -0.25) is 37.3 Å². The number of hydrogen-bond acceptors (Lipinski definition) is 15. The summed E-state index contributed by atoms with van der Waals surface area (Å²) in [6, 6.07) is 0. The topological polar surface area (TPSA) is 237 Å². The maximum atomic E-state index is 13.1. The first-order chi connectivity index (χ1) is 44.7. The van der Waals surface area contributed by atoms with Crippen LogP contribution in [0, 0.1) is 17.8 Å². The molecule has 93 heavy (non-hydrogen) atoms. The molecule has 0 aliphatic rings. The average molecular weight is 1370 g/mol. The number of aliphatic hydroxyl groups is 1. The molecule has 0 rings (SSSR count). The first-order valence-corrected chi connectivity index (χ1v) is 41.3. The summed E-state index contributed by atoms with van der Waals surface area (Å²) in [6.07, 6.45) is 50.3. The van der Waals surface area contributed by atoms with Crippen LogP contribution in [0.2, 0.25) is 0 Å². The van der Waals surface area contributed by atoms with E-state index in [0.29, 0.717) is 25.7 Å². The maximum absolute atomic E-state index is 13.1. The highest BCUT2D eigenvalue weighted by atomic mass is 31.2. The molecular formula is C74H144O17P2. The van der Waals surface area contributed by atoms with Crippen LogP contribution < -0.4 is 0 Å². The Hall–Kier alpha value is -1.94. The summed E-state index contributed by atoms with van der Waals surface area (Å²) in [5, 5.41) is 10.6. The highest BCUT2D eigenvalue weighted by molar-refractivity contribution is 7.47. The fraction of sp³-hybridized carbons (Fsp3) is 0.946. The van der Waals surface area contributed by atoms with E-state index in [0.717, 1.165) is 114 Å². The van der Waals surface area contributed by atoms with Gasteiger partial charge >= 0.3 is 39.5 Å². The molecule has 0 aliphatic heterocycles. The van der Waals surface area contributed by atoms with Crippen LogP contribution in [-0.2, 0) is 65.4 Å². The van der Waals surface area contributed by atoms with Crippen molar-refractivity contribution in [1.82, 2.24) is 0 Å². The number of carbonyl (C=O) groups is 4. The molecule has 5 atom stereocenters. The third-order valence-corrected chi connectivity index (χ3v) is 19.0. The van der Waals surface area contributed by atoms with E-state index in [1.54, 1.807) is 0 Å². The van der Waals surface area contributed by atoms with Crippen LogP contribution in [0.25, 0.3) is 0 Å². The third kappa shape index (κ3) is 68.4. The third-order valence-electron chi connectivity index (χ3n) is 17.1. The zero-order valence-corrected chi connectivity index (χ0v) is 62.5. The monoisotopic (exact) mass is 1370 g/mol. The fourth-order valence-corrected chi connectivity index (χ4v) is 12.8. The van der Waals surface area contributed by atoms with Gasteiger partial charge in [0, 0.05) is 25.7 Å². The number of rotatable bonds is 72. The molecular weight excluding hydrogens is 1220 g/mol. The number of unbranched alkanes of at least 4 members (excludes halogenated alkanes) is 40. The maximum Gasteiger partial charge on any atom is 0.472 e. The number of ether oxygens (including phenoxy) is 4. The lowest BCUT2D eigenvalue weighted by molar-refractivity contribution is -0.161. The lowest BCUT2D eigenvalue weighted by atomic mass is 10.0. The van der Waals surface area contributed by atoms with Gasteiger partial charge in [-0.2, -0.15) is 0 Å². The van der Waals surface area contributed by atoms with Crippen molar-refractivity contribution in [3.63, 3.8) is 0 Å². The van der Waals surface area contributed by atoms with Crippen molar-refractivity contribution in [1.29, 1.82) is 0 Å². The van der Waals surface area contributed by atoms with E-state index in [2.05, 4.69) is 48.5 Å². The van der Waals surface area contributed by atoms with Gasteiger partial charge in [-0.05, 0) is 43.4 Å². The number of phosphoric acid groups is 2. The SMILES string of the molecule is CCCCCCCC(=O)OC[C@H](COP(=O)(O)OC[C@H](O)COP(=O)(O)OC[C@@H](COC(=O)CCCCCCCCCCCCCCC(C)C)OC(=O)CCCCCCCCCCCCCCCCCCC(C)C)OC(=O)CCCCCCCCCCCCCC(C)C. The van der Waals surface area contributed by atoms with Gasteiger partial charge < -0.3 is 33.8 Å². The van der Waals surface area contributed by atoms with Crippen LogP contribution in [0.15, 0.2) is 0 Å². The van der Waals surface area contributed by atoms with Crippen LogP contribution in [0.5, 0.6) is 0 Å². The molecule has 552 valence electrons. The normalized spacial score (nSPS) is 14.1. The number of aliphatic hydroxyl groups excluding tert-OH is 1. The van der Waals surface area contributed by atoms with Crippen molar-refractivity contribution in [2.45, 2.75) is 394 Å². The second kappa shape index (κ2) is 64.7. The Labute approximate surface area is 568 Å². The van der Waals surface area contributed by atoms with E-state index >= 15 is 0 Å². The van der Waals surface area contributed by atoms with E-state index in [-0.39, 0.29) is 25.7 Å². The van der Waals surface area contributed by atoms with E-state index < -0.39 is 97.5 Å². The fourth-order valence-electron chi connectivity index (χ4n) is 11.2. The Morgan fingerprint density at radius 2 is 0.495 bits per heavy atom. The Kier molecular flexibility index (Phi) is 63.4. The first kappa shape index (κ1) is 91.1. The van der Waals surface area contributed by atoms with Gasteiger partial charge in [0.2, 0.25) is 0 Å². The number of carbonyl (C=O) groups excluding carboxylic acids is 4. The molecule has 2 unspecified atom stereocenters. The van der Waals surface area contributed by atoms with Crippen LogP contribution in [0.3, 0.4) is 0 Å². The standard InChI is InChI=1S/C74H144O17P2/c1-8-9-10-38-48-55-71(76)84-61-69(90-73(78)58-51-44-37-31-25-19-22-28-34-41-47-54-67(6)7)63-88-92(80,81)86-59-68(75)60-87-93(82,83)89-64-70(62-85-72(77)56-49-42-35-29-23-18-17-21-27-33-40-46-53-66(4)5)91-74(79)57-50-43-36-30-24-16-14-12-11-13-15-20-26-32-39-45-52-65(2)3/h65-70,75H,8-64H2,1-7H3,(H,80,81)(H,82,83)/t68-,69+,70+/m0/s1. The van der Waals surface area contributed by atoms with Gasteiger partial charge in [0.15, 0.2) is 12.2 Å². The minimum Gasteiger partial charge on any atom is -0.462 e. The highest BCUT2D eigenvalue weighted by Crippen LogP contribution is 2.45. The largest absolute Gasteiger partial charge is 0.472 e. The molecule has 19 heteroatoms. The summed E-state index contributed by atoms with van der Waals surface area (Å²) < 4.78 is 68.2. The molecule has 0 spiro atoms. The molecule has 0 radical (unpaired) electrons. The average Bonchev–Trinajstić information content (AvgIpc) is 3.23. The van der Waals surface area contributed by atoms with E-state index in [4.69, 9.17) is 37.0 Å². The van der Waals surface area contributed by atoms with Gasteiger partial charge in [0.1, 0.15) is 19.3 Å². The molecule has 0 aromatic heterocycles. The molecule has 0 aliphatic carbocycles. The van der Waals surface area contributed by atoms with Gasteiger partial charge in [-0.1, -0.05) is 325 Å². The second-order valence-electron chi connectivity index (χ2n) is 28.1. The summed E-state index contributed by atoms with van der Waals surface area (Å²) in [7, 11) is -9.90. The molecule has 0 aromatic rings. The second-order valence-corrected chi connectivity index (χ2v) is 31.0. The molecule has 0 saturated carbocycles. The zero-order valence-electron chi connectivity index (χ0n) is 60.7. The Morgan fingerprint density at radius 3 is 0.731 bits per heavy atom. The van der Waals surface area contributed by atoms with Crippen LogP contribution >= 0.6 is 15.6 Å². The van der Waals surface area contributed by atoms with Crippen LogP contribution in [0.1, 0.15) is 376 Å². The van der Waals surface area contributed by atoms with Gasteiger partial charge in [0.25, 0.3) is 0 Å². The first-order valence-electron chi connectivity index (χ1n) is 38.3. The van der Waals surface area contributed by atoms with Crippen molar-refractivity contribution < 1.29 is 80.2 Å². The summed E-state index contributed by atoms with van der Waals surface area (Å²) in [4.78, 5) is 72.5. The summed E-state index contributed by atoms with van der Waals surface area (Å²) in [5.74, 6) is 0.226. The molecule has 0 amide bonds. The molecule has 0 heterocycles. The summed E-state index contributed by atoms with van der Waals surface area (Å²) in [5.41, 5.74) is 0. The molecule has 0 aromatic carbocycles. The molecule has 0 saturated heterocycles. The lowest BCUT2D eigenvalue weighted by Gasteiger charge is -2.21. The van der Waals surface area contributed by atoms with Crippen molar-refractivity contribution in [2.75, 3.05) is 39.6 Å². The van der Waals surface area contributed by atoms with E-state index in [1.807, 2.05) is 0 Å². The molecule has 0 fully saturated rings. The number of phosphoric ester groups is 2. The van der Waals surface area contributed by atoms with Crippen molar-refractivity contribution in [3.8, 4) is 0 Å². The van der Waals surface area contributed by atoms with E-state index in [1.165, 1.54) is 180 Å². The predicted octanol–water partition coefficient (Wildman–Crippen LogP) is 21.4. The highest BCUT2D eigenvalue weighted by Gasteiger charge is 2.30. The van der Waals surface area contributed by atoms with Crippen LogP contribution in [0.4, 0.5) is 0 Å². The van der Waals surface area contributed by atoms with Crippen LogP contribution in [-0.4, -0.2) is 96.7 Å². The number of esters is 4. The van der Waals surface area contributed by atoms with Gasteiger partial charge in [0.05, 0.1) is 26.4 Å². The van der Waals surface area contributed by atoms with Gasteiger partial charge in [-0.15, -0.1) is 0 Å². The van der Waals surface area contributed by atoms with Gasteiger partial charge in [-0.25, -0.2) is 9.13 Å². The predicted molar refractivity (Wildman–Crippen MR) is 377 cm³/mol. The molecule has 0 bridgehead atoms.